The maximum atomic E-state index is 8.36. The maximum absolute atomic E-state index is 8.36. The number of nitrogens with zero attached hydrogens (tertiary/aromatic N) is 1. The maximum Gasteiger partial charge on any atom is 0.291 e. The fraction of sp³-hybridized carbons (Fsp3) is 1.00. The van der Waals surface area contributed by atoms with Gasteiger partial charge >= 0.3 is 0 Å². The Labute approximate surface area is 195 Å². The molecule has 5 nitrogen and oxygen atoms in total. The van der Waals surface area contributed by atoms with Gasteiger partial charge in [0, 0.05) is 7.05 Å². The topological polar surface area (TPSA) is 75.4 Å². The van der Waals surface area contributed by atoms with Crippen LogP contribution in [-0.2, 0) is 0 Å². The fourth-order valence-electron chi connectivity index (χ4n) is 4.26. The summed E-state index contributed by atoms with van der Waals surface area (Å²) in [5.74, 6) is 0. The van der Waals surface area contributed by atoms with E-state index in [4.69, 9.17) is 15.3 Å². The van der Waals surface area contributed by atoms with E-state index >= 15 is 0 Å². The molecule has 0 aromatic rings. The quantitative estimate of drug-likeness (QED) is 0.0727. The molecule has 0 amide bonds. The summed E-state index contributed by atoms with van der Waals surface area (Å²) < 4.78 is 0. The number of rotatable bonds is 22. The van der Waals surface area contributed by atoms with E-state index in [9.17, 15) is 0 Å². The Morgan fingerprint density at radius 1 is 0.613 bits per heavy atom. The average molecular weight is 464 g/mol. The van der Waals surface area contributed by atoms with Crippen LogP contribution in [0.4, 0.5) is 0 Å². The van der Waals surface area contributed by atoms with E-state index in [1.165, 1.54) is 134 Å². The molecular weight excluding hydrogens is 407 g/mol. The molecule has 6 heteroatoms. The molecule has 31 heavy (non-hydrogen) atoms. The summed E-state index contributed by atoms with van der Waals surface area (Å²) >= 11 is 0. The second-order valence-corrected chi connectivity index (χ2v) is 13.2. The molecule has 0 radical (unpaired) electrons. The van der Waals surface area contributed by atoms with Gasteiger partial charge in [0.05, 0.1) is 25.9 Å². The molecule has 0 atom stereocenters. The minimum absolute atomic E-state index is 0.894. The van der Waals surface area contributed by atoms with Crippen LogP contribution in [0.15, 0.2) is 0 Å². The van der Waals surface area contributed by atoms with E-state index in [0.717, 1.165) is 0 Å². The van der Waals surface area contributed by atoms with Crippen LogP contribution in [0.2, 0.25) is 0 Å². The molecule has 0 bridgehead atoms. The standard InChI is InChI=1S/C25H55NP.HNO3/c1-5-8-11-14-17-20-23-27(26-4,24-21-18-15-12-9-6-2)25-22-19-16-13-10-7-3;2-1(3)4/h26H,5-25H2,1-4H3;(H,2,3,4)/q+1;. The molecular formula is C25H56N2O3P+. The first-order chi connectivity index (χ1) is 15.0. The molecule has 0 saturated heterocycles. The van der Waals surface area contributed by atoms with Crippen molar-refractivity contribution in [2.75, 3.05) is 25.5 Å². The Hall–Kier alpha value is -0.410. The third kappa shape index (κ3) is 25.7. The van der Waals surface area contributed by atoms with Crippen molar-refractivity contribution in [1.82, 2.24) is 5.09 Å². The van der Waals surface area contributed by atoms with E-state index in [1.54, 1.807) is 0 Å². The first-order valence-electron chi connectivity index (χ1n) is 13.4. The molecule has 0 aromatic carbocycles. The first kappa shape index (κ1) is 32.8. The van der Waals surface area contributed by atoms with Gasteiger partial charge in [-0.05, 0) is 38.5 Å². The Morgan fingerprint density at radius 3 is 1.06 bits per heavy atom. The van der Waals surface area contributed by atoms with Crippen LogP contribution in [0.5, 0.6) is 0 Å². The highest BCUT2D eigenvalue weighted by Crippen LogP contribution is 2.56. The van der Waals surface area contributed by atoms with Crippen molar-refractivity contribution in [2.24, 2.45) is 0 Å². The van der Waals surface area contributed by atoms with Gasteiger partial charge < -0.3 is 5.21 Å². The van der Waals surface area contributed by atoms with Gasteiger partial charge in [0.1, 0.15) is 0 Å². The third-order valence-electron chi connectivity index (χ3n) is 6.29. The fourth-order valence-corrected chi connectivity index (χ4v) is 8.08. The molecule has 0 aliphatic carbocycles. The molecule has 0 aliphatic rings. The van der Waals surface area contributed by atoms with Crippen LogP contribution in [0, 0.1) is 10.1 Å². The largest absolute Gasteiger partial charge is 0.328 e. The highest BCUT2D eigenvalue weighted by molar-refractivity contribution is 7.73. The first-order valence-corrected chi connectivity index (χ1v) is 15.7. The predicted octanol–water partition coefficient (Wildman–Crippen LogP) is 8.87. The summed E-state index contributed by atoms with van der Waals surface area (Å²) in [5.41, 5.74) is 0. The van der Waals surface area contributed by atoms with E-state index in [0.29, 0.717) is 0 Å². The molecule has 0 fully saturated rings. The second kappa shape index (κ2) is 25.8. The molecule has 188 valence electrons. The van der Waals surface area contributed by atoms with Crippen molar-refractivity contribution >= 4 is 7.41 Å². The Kier molecular flexibility index (Phi) is 27.3. The third-order valence-corrected chi connectivity index (χ3v) is 10.8. The minimum Gasteiger partial charge on any atom is -0.328 e. The summed E-state index contributed by atoms with van der Waals surface area (Å²) in [7, 11) is 1.40. The molecule has 0 spiro atoms. The van der Waals surface area contributed by atoms with Crippen molar-refractivity contribution in [2.45, 2.75) is 136 Å². The normalized spacial score (nSPS) is 11.2. The van der Waals surface area contributed by atoms with E-state index in [2.05, 4.69) is 32.9 Å². The Morgan fingerprint density at radius 2 is 0.839 bits per heavy atom. The molecule has 0 saturated carbocycles. The predicted molar refractivity (Wildman–Crippen MR) is 139 cm³/mol. The van der Waals surface area contributed by atoms with Gasteiger partial charge in [-0.25, -0.2) is 0 Å². The van der Waals surface area contributed by atoms with E-state index in [1.807, 2.05) is 0 Å². The zero-order valence-corrected chi connectivity index (χ0v) is 22.4. The zero-order valence-electron chi connectivity index (χ0n) is 21.5. The minimum atomic E-state index is -1.50. The summed E-state index contributed by atoms with van der Waals surface area (Å²) in [6.45, 7) is 6.95. The number of unbranched alkanes of at least 4 members (excludes halogenated alkanes) is 15. The lowest BCUT2D eigenvalue weighted by Crippen LogP contribution is -2.21. The molecule has 0 heterocycles. The van der Waals surface area contributed by atoms with Crippen LogP contribution in [0.25, 0.3) is 0 Å². The van der Waals surface area contributed by atoms with Gasteiger partial charge in [-0.15, -0.1) is 10.1 Å². The average Bonchev–Trinajstić information content (AvgIpc) is 2.74. The van der Waals surface area contributed by atoms with Crippen LogP contribution in [0.1, 0.15) is 136 Å². The van der Waals surface area contributed by atoms with Crippen LogP contribution >= 0.6 is 7.41 Å². The molecule has 0 unspecified atom stereocenters. The van der Waals surface area contributed by atoms with Crippen molar-refractivity contribution < 1.29 is 10.3 Å². The van der Waals surface area contributed by atoms with Gasteiger partial charge in [-0.3, -0.25) is 0 Å². The summed E-state index contributed by atoms with van der Waals surface area (Å²) in [6.07, 6.45) is 30.5. The van der Waals surface area contributed by atoms with Gasteiger partial charge in [0.25, 0.3) is 5.09 Å². The van der Waals surface area contributed by atoms with Crippen LogP contribution in [-0.4, -0.2) is 35.8 Å². The molecule has 0 rings (SSSR count). The smallest absolute Gasteiger partial charge is 0.291 e. The van der Waals surface area contributed by atoms with Crippen molar-refractivity contribution in [3.8, 4) is 0 Å². The zero-order chi connectivity index (χ0) is 23.6. The lowest BCUT2D eigenvalue weighted by Gasteiger charge is -2.27. The summed E-state index contributed by atoms with van der Waals surface area (Å²) in [6, 6.07) is 0. The van der Waals surface area contributed by atoms with Crippen LogP contribution < -0.4 is 5.09 Å². The molecule has 0 aliphatic heterocycles. The summed E-state index contributed by atoms with van der Waals surface area (Å²) in [4.78, 5) is 8.36. The SMILES string of the molecule is CCCCCCCC[P+](CCCCCCCC)(CCCCCCCC)NC.O=[N+]([O-])O. The highest BCUT2D eigenvalue weighted by Gasteiger charge is 2.34. The lowest BCUT2D eigenvalue weighted by atomic mass is 10.1. The van der Waals surface area contributed by atoms with E-state index < -0.39 is 12.5 Å². The van der Waals surface area contributed by atoms with Gasteiger partial charge in [0.15, 0.2) is 0 Å². The Balaban J connectivity index is 0. The summed E-state index contributed by atoms with van der Waals surface area (Å²) in [5, 5.41) is 17.6. The lowest BCUT2D eigenvalue weighted by molar-refractivity contribution is -0.742. The Bertz CT molecular complexity index is 326. The monoisotopic (exact) mass is 463 g/mol. The highest BCUT2D eigenvalue weighted by atomic mass is 31.2. The van der Waals surface area contributed by atoms with Gasteiger partial charge in [-0.2, -0.15) is 5.09 Å². The van der Waals surface area contributed by atoms with E-state index in [-0.39, 0.29) is 0 Å². The van der Waals surface area contributed by atoms with Crippen molar-refractivity contribution in [3.63, 3.8) is 0 Å². The van der Waals surface area contributed by atoms with Gasteiger partial charge in [0.2, 0.25) is 0 Å². The van der Waals surface area contributed by atoms with Gasteiger partial charge in [-0.1, -0.05) is 97.8 Å². The van der Waals surface area contributed by atoms with Crippen LogP contribution in [0.3, 0.4) is 0 Å². The molecule has 0 aromatic heterocycles. The number of hydrogen-bond donors (Lipinski definition) is 2. The second-order valence-electron chi connectivity index (χ2n) is 9.08. The number of nitrogens with one attached hydrogen (secondary N) is 1. The molecule has 2 N–H and O–H groups in total. The van der Waals surface area contributed by atoms with Crippen molar-refractivity contribution in [3.05, 3.63) is 10.1 Å². The number of hydrogen-bond acceptors (Lipinski definition) is 3. The van der Waals surface area contributed by atoms with Crippen molar-refractivity contribution in [1.29, 1.82) is 0 Å².